The molecule has 3 aromatic heterocycles. The van der Waals surface area contributed by atoms with Crippen molar-refractivity contribution < 1.29 is 8.81 Å². The highest BCUT2D eigenvalue weighted by atomic mass is 32.1. The molecule has 5 rings (SSSR count). The first-order chi connectivity index (χ1) is 14.7. The van der Waals surface area contributed by atoms with Crippen molar-refractivity contribution in [3.8, 4) is 0 Å². The largest absolute Gasteiger partial charge is 0.467 e. The minimum absolute atomic E-state index is 0.233. The molecule has 1 aliphatic heterocycles. The third-order valence-corrected chi connectivity index (χ3v) is 5.60. The summed E-state index contributed by atoms with van der Waals surface area (Å²) in [4.78, 5) is 6.39. The molecule has 4 heterocycles. The number of aromatic nitrogens is 2. The molecule has 4 aromatic rings. The number of nitrogens with one attached hydrogen (secondary N) is 1. The van der Waals surface area contributed by atoms with Crippen molar-refractivity contribution in [1.82, 2.24) is 14.9 Å². The Kier molecular flexibility index (Phi) is 4.80. The van der Waals surface area contributed by atoms with Crippen LogP contribution in [0.2, 0.25) is 0 Å². The number of anilines is 1. The van der Waals surface area contributed by atoms with Crippen LogP contribution in [0.5, 0.6) is 0 Å². The van der Waals surface area contributed by atoms with Crippen LogP contribution >= 0.6 is 12.2 Å². The second-order valence-electron chi connectivity index (χ2n) is 7.09. The van der Waals surface area contributed by atoms with Gasteiger partial charge in [0.05, 0.1) is 30.2 Å². The molecule has 7 heteroatoms. The van der Waals surface area contributed by atoms with E-state index in [9.17, 15) is 4.39 Å². The predicted molar refractivity (Wildman–Crippen MR) is 117 cm³/mol. The lowest BCUT2D eigenvalue weighted by Crippen LogP contribution is -2.31. The van der Waals surface area contributed by atoms with Gasteiger partial charge >= 0.3 is 0 Å². The minimum atomic E-state index is -0.322. The van der Waals surface area contributed by atoms with Crippen molar-refractivity contribution >= 4 is 23.0 Å². The van der Waals surface area contributed by atoms with Crippen molar-refractivity contribution in [2.75, 3.05) is 4.90 Å². The fraction of sp³-hybridized carbons (Fsp3) is 0.130. The molecule has 0 aliphatic carbocycles. The van der Waals surface area contributed by atoms with Crippen molar-refractivity contribution in [3.05, 3.63) is 108 Å². The number of halogens is 1. The first kappa shape index (κ1) is 18.6. The van der Waals surface area contributed by atoms with Gasteiger partial charge in [-0.1, -0.05) is 18.2 Å². The summed E-state index contributed by atoms with van der Waals surface area (Å²) in [5.41, 5.74) is 2.26. The number of thiocarbonyl (C=S) groups is 1. The van der Waals surface area contributed by atoms with Crippen LogP contribution in [0.1, 0.15) is 29.2 Å². The minimum Gasteiger partial charge on any atom is -0.467 e. The van der Waals surface area contributed by atoms with Crippen molar-refractivity contribution in [2.45, 2.75) is 18.6 Å². The number of pyridine rings is 1. The monoisotopic (exact) mass is 418 g/mol. The number of hydrogen-bond acceptors (Lipinski definition) is 3. The van der Waals surface area contributed by atoms with Crippen LogP contribution in [0, 0.1) is 5.82 Å². The van der Waals surface area contributed by atoms with Gasteiger partial charge in [0.15, 0.2) is 5.11 Å². The average molecular weight is 418 g/mol. The van der Waals surface area contributed by atoms with Gasteiger partial charge in [0.25, 0.3) is 0 Å². The number of nitrogens with zero attached hydrogens (tertiary/aromatic N) is 3. The number of hydrogen-bond donors (Lipinski definition) is 1. The standard InChI is InChI=1S/C23H19FN4OS/c24-17-8-1-2-10-19(17)28-22(21(26-23(28)30)18-9-3-4-12-25-18)20-11-5-13-27(20)15-16-7-6-14-29-16/h1-14,21-22H,15H2,(H,26,30). The van der Waals surface area contributed by atoms with Gasteiger partial charge in [-0.05, 0) is 60.7 Å². The Hall–Kier alpha value is -3.45. The molecule has 1 aromatic carbocycles. The Morgan fingerprint density at radius 2 is 1.90 bits per heavy atom. The molecule has 0 spiro atoms. The highest BCUT2D eigenvalue weighted by Gasteiger charge is 2.42. The van der Waals surface area contributed by atoms with Crippen LogP contribution in [0.15, 0.2) is 89.8 Å². The average Bonchev–Trinajstić information content (AvgIpc) is 3.50. The lowest BCUT2D eigenvalue weighted by molar-refractivity contribution is 0.474. The van der Waals surface area contributed by atoms with Gasteiger partial charge in [-0.15, -0.1) is 0 Å². The summed E-state index contributed by atoms with van der Waals surface area (Å²) in [6.07, 6.45) is 5.41. The summed E-state index contributed by atoms with van der Waals surface area (Å²) < 4.78 is 22.4. The first-order valence-electron chi connectivity index (χ1n) is 9.65. The van der Waals surface area contributed by atoms with Crippen LogP contribution in [-0.2, 0) is 6.54 Å². The molecule has 150 valence electrons. The summed E-state index contributed by atoms with van der Waals surface area (Å²) >= 11 is 5.66. The quantitative estimate of drug-likeness (QED) is 0.470. The normalized spacial score (nSPS) is 18.6. The molecule has 2 unspecified atom stereocenters. The van der Waals surface area contributed by atoms with Gasteiger partial charge in [0, 0.05) is 18.1 Å². The zero-order valence-corrected chi connectivity index (χ0v) is 16.8. The highest BCUT2D eigenvalue weighted by molar-refractivity contribution is 7.80. The Labute approximate surface area is 178 Å². The number of para-hydroxylation sites is 1. The van der Waals surface area contributed by atoms with E-state index >= 15 is 0 Å². The van der Waals surface area contributed by atoms with Crippen LogP contribution in [0.4, 0.5) is 10.1 Å². The van der Waals surface area contributed by atoms with E-state index in [2.05, 4.69) is 14.9 Å². The van der Waals surface area contributed by atoms with E-state index < -0.39 is 0 Å². The number of benzene rings is 1. The first-order valence-corrected chi connectivity index (χ1v) is 10.1. The van der Waals surface area contributed by atoms with Crippen LogP contribution in [0.3, 0.4) is 0 Å². The Bertz CT molecular complexity index is 1160. The molecule has 30 heavy (non-hydrogen) atoms. The fourth-order valence-electron chi connectivity index (χ4n) is 3.97. The van der Waals surface area contributed by atoms with Crippen molar-refractivity contribution in [1.29, 1.82) is 0 Å². The Balaban J connectivity index is 1.63. The third-order valence-electron chi connectivity index (χ3n) is 5.28. The van der Waals surface area contributed by atoms with Gasteiger partial charge in [-0.25, -0.2) is 4.39 Å². The van der Waals surface area contributed by atoms with E-state index in [1.54, 1.807) is 24.6 Å². The number of furan rings is 1. The molecular formula is C23H19FN4OS. The van der Waals surface area contributed by atoms with E-state index in [1.165, 1.54) is 6.07 Å². The smallest absolute Gasteiger partial charge is 0.174 e. The van der Waals surface area contributed by atoms with Crippen LogP contribution in [-0.4, -0.2) is 14.7 Å². The molecule has 0 amide bonds. The van der Waals surface area contributed by atoms with Gasteiger partial charge in [-0.3, -0.25) is 4.98 Å². The summed E-state index contributed by atoms with van der Waals surface area (Å²) in [6.45, 7) is 0.568. The maximum absolute atomic E-state index is 14.8. The van der Waals surface area contributed by atoms with E-state index in [0.717, 1.165) is 17.1 Å². The Morgan fingerprint density at radius 3 is 2.67 bits per heavy atom. The zero-order chi connectivity index (χ0) is 20.5. The SMILES string of the molecule is Fc1ccccc1N1C(=S)NC(c2ccccn2)C1c1cccn1Cc1ccco1. The summed E-state index contributed by atoms with van der Waals surface area (Å²) in [5, 5.41) is 3.83. The molecule has 1 saturated heterocycles. The molecule has 0 radical (unpaired) electrons. The molecule has 0 saturated carbocycles. The molecule has 5 nitrogen and oxygen atoms in total. The van der Waals surface area contributed by atoms with E-state index in [1.807, 2.05) is 59.6 Å². The van der Waals surface area contributed by atoms with Gasteiger partial charge in [-0.2, -0.15) is 0 Å². The van der Waals surface area contributed by atoms with E-state index in [4.69, 9.17) is 16.6 Å². The van der Waals surface area contributed by atoms with Crippen molar-refractivity contribution in [3.63, 3.8) is 0 Å². The maximum atomic E-state index is 14.8. The highest BCUT2D eigenvalue weighted by Crippen LogP contribution is 2.42. The molecule has 1 fully saturated rings. The second kappa shape index (κ2) is 7.76. The Morgan fingerprint density at radius 1 is 1.03 bits per heavy atom. The summed E-state index contributed by atoms with van der Waals surface area (Å²) in [7, 11) is 0. The molecule has 1 aliphatic rings. The third kappa shape index (κ3) is 3.27. The molecule has 0 bridgehead atoms. The van der Waals surface area contributed by atoms with E-state index in [0.29, 0.717) is 17.3 Å². The van der Waals surface area contributed by atoms with Gasteiger partial charge < -0.3 is 19.2 Å². The molecular weight excluding hydrogens is 399 g/mol. The van der Waals surface area contributed by atoms with E-state index in [-0.39, 0.29) is 17.9 Å². The molecule has 2 atom stereocenters. The lowest BCUT2D eigenvalue weighted by atomic mass is 10.0. The predicted octanol–water partition coefficient (Wildman–Crippen LogP) is 4.84. The fourth-order valence-corrected chi connectivity index (χ4v) is 4.31. The second-order valence-corrected chi connectivity index (χ2v) is 7.48. The summed E-state index contributed by atoms with van der Waals surface area (Å²) in [6, 6.07) is 19.8. The van der Waals surface area contributed by atoms with Gasteiger partial charge in [0.1, 0.15) is 17.6 Å². The topological polar surface area (TPSA) is 46.2 Å². The number of rotatable bonds is 5. The van der Waals surface area contributed by atoms with Crippen LogP contribution in [0.25, 0.3) is 0 Å². The lowest BCUT2D eigenvalue weighted by Gasteiger charge is -2.29. The molecule has 1 N–H and O–H groups in total. The van der Waals surface area contributed by atoms with Gasteiger partial charge in [0.2, 0.25) is 0 Å². The van der Waals surface area contributed by atoms with Crippen molar-refractivity contribution in [2.24, 2.45) is 0 Å². The zero-order valence-electron chi connectivity index (χ0n) is 16.0. The maximum Gasteiger partial charge on any atom is 0.174 e. The summed E-state index contributed by atoms with van der Waals surface area (Å²) in [5.74, 6) is 0.519. The van der Waals surface area contributed by atoms with Crippen LogP contribution < -0.4 is 10.2 Å².